The van der Waals surface area contributed by atoms with Crippen LogP contribution in [0.2, 0.25) is 0 Å². The highest BCUT2D eigenvalue weighted by atomic mass is 32.2. The zero-order valence-electron chi connectivity index (χ0n) is 7.91. The summed E-state index contributed by atoms with van der Waals surface area (Å²) < 4.78 is 0. The lowest BCUT2D eigenvalue weighted by atomic mass is 10.2. The number of carbonyl (C=O) groups excluding carboxylic acids is 1. The molecule has 2 nitrogen and oxygen atoms in total. The van der Waals surface area contributed by atoms with E-state index in [9.17, 15) is 4.79 Å². The zero-order chi connectivity index (χ0) is 9.97. The third kappa shape index (κ3) is 1.82. The van der Waals surface area contributed by atoms with Crippen LogP contribution in [0.25, 0.3) is 10.9 Å². The second-order valence-electron chi connectivity index (χ2n) is 3.14. The van der Waals surface area contributed by atoms with Gasteiger partial charge in [0.1, 0.15) is 0 Å². The fraction of sp³-hybridized carbons (Fsp3) is 0.182. The average Bonchev–Trinajstić information content (AvgIpc) is 2.58. The number of hydrogen-bond acceptors (Lipinski definition) is 2. The average molecular weight is 205 g/mol. The molecule has 1 heterocycles. The maximum Gasteiger partial charge on any atom is 0.186 e. The Morgan fingerprint density at radius 2 is 2.21 bits per heavy atom. The number of carbonyl (C=O) groups is 1. The summed E-state index contributed by atoms with van der Waals surface area (Å²) in [7, 11) is 0. The smallest absolute Gasteiger partial charge is 0.186 e. The van der Waals surface area contributed by atoms with Crippen molar-refractivity contribution in [1.29, 1.82) is 0 Å². The van der Waals surface area contributed by atoms with Crippen molar-refractivity contribution in [2.45, 2.75) is 12.7 Å². The van der Waals surface area contributed by atoms with E-state index in [1.807, 2.05) is 24.4 Å². The van der Waals surface area contributed by atoms with Gasteiger partial charge in [-0.3, -0.25) is 4.79 Å². The molecule has 1 aromatic carbocycles. The van der Waals surface area contributed by atoms with Gasteiger partial charge in [0.05, 0.1) is 0 Å². The summed E-state index contributed by atoms with van der Waals surface area (Å²) in [6.45, 7) is 1.60. The van der Waals surface area contributed by atoms with Crippen LogP contribution in [0.15, 0.2) is 30.5 Å². The van der Waals surface area contributed by atoms with Crippen molar-refractivity contribution < 1.29 is 4.79 Å². The Hall–Kier alpha value is -1.22. The van der Waals surface area contributed by atoms with Crippen LogP contribution in [0.4, 0.5) is 0 Å². The van der Waals surface area contributed by atoms with Gasteiger partial charge >= 0.3 is 0 Å². The molecular formula is C11H11NOS. The predicted molar refractivity (Wildman–Crippen MR) is 60.3 cm³/mol. The van der Waals surface area contributed by atoms with Crippen molar-refractivity contribution in [2.24, 2.45) is 0 Å². The van der Waals surface area contributed by atoms with Crippen LogP contribution in [0.3, 0.4) is 0 Å². The van der Waals surface area contributed by atoms with E-state index >= 15 is 0 Å². The first kappa shape index (κ1) is 9.34. The quantitative estimate of drug-likeness (QED) is 0.817. The molecule has 2 aromatic rings. The number of nitrogens with one attached hydrogen (secondary N) is 1. The Kier molecular flexibility index (Phi) is 2.59. The van der Waals surface area contributed by atoms with E-state index in [0.29, 0.717) is 0 Å². The van der Waals surface area contributed by atoms with Crippen molar-refractivity contribution in [1.82, 2.24) is 4.98 Å². The predicted octanol–water partition coefficient (Wildman–Crippen LogP) is 2.95. The summed E-state index contributed by atoms with van der Waals surface area (Å²) in [5, 5.41) is 1.37. The number of fused-ring (bicyclic) bond motifs is 1. The summed E-state index contributed by atoms with van der Waals surface area (Å²) in [5.74, 6) is 0.749. The molecule has 1 N–H and O–H groups in total. The number of para-hydroxylation sites is 1. The number of rotatable bonds is 2. The third-order valence-corrected chi connectivity index (χ3v) is 2.97. The first-order valence-electron chi connectivity index (χ1n) is 4.46. The van der Waals surface area contributed by atoms with E-state index in [4.69, 9.17) is 0 Å². The van der Waals surface area contributed by atoms with Crippen LogP contribution in [0.5, 0.6) is 0 Å². The summed E-state index contributed by atoms with van der Waals surface area (Å²) in [6.07, 6.45) is 1.97. The third-order valence-electron chi connectivity index (χ3n) is 2.11. The topological polar surface area (TPSA) is 32.9 Å². The molecule has 0 radical (unpaired) electrons. The molecule has 0 saturated heterocycles. The van der Waals surface area contributed by atoms with E-state index in [1.54, 1.807) is 6.92 Å². The molecule has 3 heteroatoms. The molecule has 0 unspecified atom stereocenters. The molecule has 0 aliphatic heterocycles. The molecule has 0 aliphatic carbocycles. The van der Waals surface area contributed by atoms with E-state index in [0.717, 1.165) is 11.3 Å². The molecule has 0 amide bonds. The molecule has 14 heavy (non-hydrogen) atoms. The largest absolute Gasteiger partial charge is 0.361 e. The van der Waals surface area contributed by atoms with Crippen molar-refractivity contribution in [2.75, 3.05) is 0 Å². The van der Waals surface area contributed by atoms with E-state index < -0.39 is 0 Å². The molecule has 0 saturated carbocycles. The van der Waals surface area contributed by atoms with Gasteiger partial charge in [0, 0.05) is 29.8 Å². The lowest BCUT2D eigenvalue weighted by Crippen LogP contribution is -1.83. The maximum absolute atomic E-state index is 10.8. The fourth-order valence-electron chi connectivity index (χ4n) is 1.43. The van der Waals surface area contributed by atoms with Gasteiger partial charge in [-0.05, 0) is 11.6 Å². The number of benzene rings is 1. The second-order valence-corrected chi connectivity index (χ2v) is 4.29. The molecule has 0 spiro atoms. The van der Waals surface area contributed by atoms with Crippen molar-refractivity contribution >= 4 is 27.8 Å². The molecule has 0 atom stereocenters. The van der Waals surface area contributed by atoms with E-state index in [-0.39, 0.29) is 5.12 Å². The first-order chi connectivity index (χ1) is 6.77. The van der Waals surface area contributed by atoms with E-state index in [2.05, 4.69) is 11.1 Å². The van der Waals surface area contributed by atoms with Gasteiger partial charge in [0.15, 0.2) is 5.12 Å². The van der Waals surface area contributed by atoms with Gasteiger partial charge < -0.3 is 4.98 Å². The Morgan fingerprint density at radius 1 is 1.43 bits per heavy atom. The molecule has 0 bridgehead atoms. The normalized spacial score (nSPS) is 10.6. The number of thioether (sulfide) groups is 1. The van der Waals surface area contributed by atoms with Crippen LogP contribution in [0.1, 0.15) is 12.5 Å². The Labute approximate surface area is 86.7 Å². The van der Waals surface area contributed by atoms with Crippen LogP contribution >= 0.6 is 11.8 Å². The molecule has 2 rings (SSSR count). The minimum absolute atomic E-state index is 0.162. The van der Waals surface area contributed by atoms with Gasteiger partial charge in [0.25, 0.3) is 0 Å². The SMILES string of the molecule is CC(=O)SCc1c[nH]c2ccccc12. The zero-order valence-corrected chi connectivity index (χ0v) is 8.73. The van der Waals surface area contributed by atoms with Crippen LogP contribution in [-0.4, -0.2) is 10.1 Å². The minimum atomic E-state index is 0.162. The summed E-state index contributed by atoms with van der Waals surface area (Å²) in [6, 6.07) is 8.12. The highest BCUT2D eigenvalue weighted by Crippen LogP contribution is 2.22. The van der Waals surface area contributed by atoms with Gasteiger partial charge in [-0.2, -0.15) is 0 Å². The molecule has 0 fully saturated rings. The highest BCUT2D eigenvalue weighted by molar-refractivity contribution is 8.12. The fourth-order valence-corrected chi connectivity index (χ4v) is 2.03. The van der Waals surface area contributed by atoms with Crippen molar-refractivity contribution in [3.63, 3.8) is 0 Å². The molecule has 0 aliphatic rings. The Bertz CT molecular complexity index is 461. The minimum Gasteiger partial charge on any atom is -0.361 e. The number of aromatic nitrogens is 1. The standard InChI is InChI=1S/C11H11NOS/c1-8(13)14-7-9-6-12-11-5-3-2-4-10(9)11/h2-6,12H,7H2,1H3. The van der Waals surface area contributed by atoms with Gasteiger partial charge in [0.2, 0.25) is 0 Å². The number of hydrogen-bond donors (Lipinski definition) is 1. The molecular weight excluding hydrogens is 194 g/mol. The number of aromatic amines is 1. The van der Waals surface area contributed by atoms with Gasteiger partial charge in [-0.15, -0.1) is 0 Å². The van der Waals surface area contributed by atoms with Crippen molar-refractivity contribution in [3.05, 3.63) is 36.0 Å². The highest BCUT2D eigenvalue weighted by Gasteiger charge is 2.03. The molecule has 72 valence electrons. The van der Waals surface area contributed by atoms with Gasteiger partial charge in [-0.1, -0.05) is 30.0 Å². The summed E-state index contributed by atoms with van der Waals surface area (Å²) in [4.78, 5) is 14.0. The summed E-state index contributed by atoms with van der Waals surface area (Å²) >= 11 is 1.34. The van der Waals surface area contributed by atoms with E-state index in [1.165, 1.54) is 22.7 Å². The Morgan fingerprint density at radius 3 is 3.00 bits per heavy atom. The Balaban J connectivity index is 2.29. The number of H-pyrrole nitrogens is 1. The lowest BCUT2D eigenvalue weighted by molar-refractivity contribution is -0.109. The summed E-state index contributed by atoms with van der Waals surface area (Å²) in [5.41, 5.74) is 2.33. The van der Waals surface area contributed by atoms with Gasteiger partial charge in [-0.25, -0.2) is 0 Å². The van der Waals surface area contributed by atoms with Crippen LogP contribution in [-0.2, 0) is 10.5 Å². The first-order valence-corrected chi connectivity index (χ1v) is 5.44. The lowest BCUT2D eigenvalue weighted by Gasteiger charge is -1.95. The molecule has 1 aromatic heterocycles. The maximum atomic E-state index is 10.8. The second kappa shape index (κ2) is 3.88. The van der Waals surface area contributed by atoms with Crippen molar-refractivity contribution in [3.8, 4) is 0 Å². The van der Waals surface area contributed by atoms with Crippen LogP contribution < -0.4 is 0 Å². The monoisotopic (exact) mass is 205 g/mol. The van der Waals surface area contributed by atoms with Crippen LogP contribution in [0, 0.1) is 0 Å².